The third-order valence-corrected chi connectivity index (χ3v) is 5.27. The van der Waals surface area contributed by atoms with E-state index in [0.29, 0.717) is 5.56 Å². The molecule has 0 amide bonds. The summed E-state index contributed by atoms with van der Waals surface area (Å²) in [6.07, 6.45) is 0.850. The van der Waals surface area contributed by atoms with Gasteiger partial charge in [0.15, 0.2) is 0 Å². The highest BCUT2D eigenvalue weighted by Crippen LogP contribution is 2.14. The molecule has 0 radical (unpaired) electrons. The van der Waals surface area contributed by atoms with Crippen LogP contribution >= 0.6 is 0 Å². The van der Waals surface area contributed by atoms with Crippen molar-refractivity contribution in [2.24, 2.45) is 0 Å². The predicted octanol–water partition coefficient (Wildman–Crippen LogP) is 2.45. The molecule has 1 N–H and O–H groups in total. The van der Waals surface area contributed by atoms with E-state index in [9.17, 15) is 17.6 Å². The Balaban J connectivity index is 2.22. The fourth-order valence-corrected chi connectivity index (χ4v) is 3.52. The molecular weight excluding hydrogens is 345 g/mol. The summed E-state index contributed by atoms with van der Waals surface area (Å²) in [7, 11) is -2.71. The zero-order valence-electron chi connectivity index (χ0n) is 14.0. The number of ether oxygens (including phenoxy) is 1. The number of benzene rings is 2. The van der Waals surface area contributed by atoms with Gasteiger partial charge >= 0.3 is 5.97 Å². The van der Waals surface area contributed by atoms with Gasteiger partial charge in [-0.3, -0.25) is 4.79 Å². The third-order valence-electron chi connectivity index (χ3n) is 3.78. The number of carbonyl (C=O) groups excluding carboxylic acids is 1. The van der Waals surface area contributed by atoms with Crippen LogP contribution in [0.4, 0.5) is 4.39 Å². The number of sulfonamides is 1. The lowest BCUT2D eigenvalue weighted by atomic mass is 10.1. The van der Waals surface area contributed by atoms with E-state index in [0.717, 1.165) is 12.0 Å². The molecule has 2 rings (SSSR count). The van der Waals surface area contributed by atoms with Gasteiger partial charge in [-0.1, -0.05) is 31.2 Å². The first-order valence-corrected chi connectivity index (χ1v) is 9.27. The monoisotopic (exact) mass is 365 g/mol. The molecule has 2 aromatic carbocycles. The zero-order chi connectivity index (χ0) is 18.4. The molecule has 1 unspecified atom stereocenters. The second-order valence-electron chi connectivity index (χ2n) is 5.53. The number of nitrogens with one attached hydrogen (secondary N) is 1. The topological polar surface area (TPSA) is 72.5 Å². The van der Waals surface area contributed by atoms with Gasteiger partial charge in [-0.15, -0.1) is 0 Å². The number of aryl methyl sites for hydroxylation is 1. The Bertz CT molecular complexity index is 817. The Hall–Kier alpha value is -2.25. The minimum atomic E-state index is -3.89. The zero-order valence-corrected chi connectivity index (χ0v) is 14.8. The van der Waals surface area contributed by atoms with Crippen molar-refractivity contribution in [2.75, 3.05) is 7.11 Å². The fourth-order valence-electron chi connectivity index (χ4n) is 2.33. The Morgan fingerprint density at radius 1 is 1.08 bits per heavy atom. The molecule has 0 heterocycles. The Kier molecular flexibility index (Phi) is 6.27. The first-order chi connectivity index (χ1) is 11.9. The van der Waals surface area contributed by atoms with Crippen molar-refractivity contribution in [3.05, 3.63) is 65.5 Å². The molecule has 0 fully saturated rings. The SMILES string of the molecule is CCc1ccc(S(=O)(=O)NC(Cc2ccc(F)cc2)C(=O)OC)cc1. The second kappa shape index (κ2) is 8.22. The van der Waals surface area contributed by atoms with Gasteiger partial charge in [0.25, 0.3) is 0 Å². The van der Waals surface area contributed by atoms with E-state index in [1.54, 1.807) is 12.1 Å². The largest absolute Gasteiger partial charge is 0.468 e. The van der Waals surface area contributed by atoms with E-state index in [1.165, 1.54) is 43.5 Å². The molecule has 7 heteroatoms. The summed E-state index contributed by atoms with van der Waals surface area (Å²) in [5, 5.41) is 0. The summed E-state index contributed by atoms with van der Waals surface area (Å²) in [6, 6.07) is 10.8. The van der Waals surface area contributed by atoms with Crippen LogP contribution in [0.15, 0.2) is 53.4 Å². The smallest absolute Gasteiger partial charge is 0.324 e. The van der Waals surface area contributed by atoms with E-state index in [1.807, 2.05) is 6.92 Å². The highest BCUT2D eigenvalue weighted by molar-refractivity contribution is 7.89. The molecule has 2 aromatic rings. The number of hydrogen-bond donors (Lipinski definition) is 1. The minimum Gasteiger partial charge on any atom is -0.468 e. The Morgan fingerprint density at radius 2 is 1.64 bits per heavy atom. The molecule has 0 bridgehead atoms. The summed E-state index contributed by atoms with van der Waals surface area (Å²) in [5.74, 6) is -1.12. The van der Waals surface area contributed by atoms with Gasteiger partial charge in [0.2, 0.25) is 10.0 Å². The van der Waals surface area contributed by atoms with Crippen LogP contribution in [0.25, 0.3) is 0 Å². The lowest BCUT2D eigenvalue weighted by molar-refractivity contribution is -0.142. The predicted molar refractivity (Wildman–Crippen MR) is 92.0 cm³/mol. The summed E-state index contributed by atoms with van der Waals surface area (Å²) in [4.78, 5) is 12.0. The van der Waals surface area contributed by atoms with Gasteiger partial charge in [-0.2, -0.15) is 4.72 Å². The molecule has 1 atom stereocenters. The maximum Gasteiger partial charge on any atom is 0.324 e. The second-order valence-corrected chi connectivity index (χ2v) is 7.24. The number of carbonyl (C=O) groups is 1. The quantitative estimate of drug-likeness (QED) is 0.765. The highest BCUT2D eigenvalue weighted by atomic mass is 32.2. The van der Waals surface area contributed by atoms with Crippen molar-refractivity contribution < 1.29 is 22.3 Å². The molecule has 0 aliphatic rings. The van der Waals surface area contributed by atoms with Crippen molar-refractivity contribution in [3.8, 4) is 0 Å². The van der Waals surface area contributed by atoms with E-state index >= 15 is 0 Å². The molecule has 25 heavy (non-hydrogen) atoms. The van der Waals surface area contributed by atoms with Crippen LogP contribution < -0.4 is 4.72 Å². The van der Waals surface area contributed by atoms with E-state index < -0.39 is 27.9 Å². The van der Waals surface area contributed by atoms with E-state index in [2.05, 4.69) is 9.46 Å². The summed E-state index contributed by atoms with van der Waals surface area (Å²) >= 11 is 0. The molecule has 5 nitrogen and oxygen atoms in total. The molecule has 134 valence electrons. The molecule has 0 spiro atoms. The molecule has 0 aliphatic heterocycles. The fraction of sp³-hybridized carbons (Fsp3) is 0.278. The average Bonchev–Trinajstić information content (AvgIpc) is 2.62. The lowest BCUT2D eigenvalue weighted by Crippen LogP contribution is -2.42. The number of esters is 1. The van der Waals surface area contributed by atoms with Crippen molar-refractivity contribution in [1.29, 1.82) is 0 Å². The van der Waals surface area contributed by atoms with Crippen LogP contribution in [0.5, 0.6) is 0 Å². The highest BCUT2D eigenvalue weighted by Gasteiger charge is 2.26. The van der Waals surface area contributed by atoms with Crippen molar-refractivity contribution >= 4 is 16.0 Å². The maximum absolute atomic E-state index is 13.0. The summed E-state index contributed by atoms with van der Waals surface area (Å²) in [5.41, 5.74) is 1.62. The van der Waals surface area contributed by atoms with Gasteiger partial charge in [0, 0.05) is 0 Å². The number of halogens is 1. The lowest BCUT2D eigenvalue weighted by Gasteiger charge is -2.17. The van der Waals surface area contributed by atoms with Gasteiger partial charge in [0.1, 0.15) is 11.9 Å². The van der Waals surface area contributed by atoms with Crippen LogP contribution in [0.1, 0.15) is 18.1 Å². The number of rotatable bonds is 7. The van der Waals surface area contributed by atoms with Crippen LogP contribution in [0.2, 0.25) is 0 Å². The summed E-state index contributed by atoms with van der Waals surface area (Å²) < 4.78 is 45.1. The standard InChI is InChI=1S/C18H20FNO4S/c1-3-13-6-10-16(11-7-13)25(22,23)20-17(18(21)24-2)12-14-4-8-15(19)9-5-14/h4-11,17,20H,3,12H2,1-2H3. The van der Waals surface area contributed by atoms with Crippen LogP contribution in [-0.4, -0.2) is 27.5 Å². The Morgan fingerprint density at radius 3 is 2.16 bits per heavy atom. The van der Waals surface area contributed by atoms with Gasteiger partial charge in [0.05, 0.1) is 12.0 Å². The van der Waals surface area contributed by atoms with Crippen LogP contribution in [0.3, 0.4) is 0 Å². The Labute approximate surface area is 146 Å². The van der Waals surface area contributed by atoms with Gasteiger partial charge < -0.3 is 4.74 Å². The van der Waals surface area contributed by atoms with Crippen molar-refractivity contribution in [2.45, 2.75) is 30.7 Å². The van der Waals surface area contributed by atoms with Crippen molar-refractivity contribution in [1.82, 2.24) is 4.72 Å². The first kappa shape index (κ1) is 19.1. The van der Waals surface area contributed by atoms with E-state index in [4.69, 9.17) is 0 Å². The number of methoxy groups -OCH3 is 1. The van der Waals surface area contributed by atoms with Crippen LogP contribution in [0, 0.1) is 5.82 Å². The normalized spacial score (nSPS) is 12.6. The van der Waals surface area contributed by atoms with Gasteiger partial charge in [-0.05, 0) is 48.2 Å². The molecular formula is C18H20FNO4S. The molecule has 0 aliphatic carbocycles. The molecule has 0 aromatic heterocycles. The summed E-state index contributed by atoms with van der Waals surface area (Å²) in [6.45, 7) is 1.97. The molecule has 0 saturated heterocycles. The molecule has 0 saturated carbocycles. The van der Waals surface area contributed by atoms with Crippen LogP contribution in [-0.2, 0) is 32.4 Å². The maximum atomic E-state index is 13.0. The average molecular weight is 365 g/mol. The first-order valence-electron chi connectivity index (χ1n) is 7.79. The number of hydrogen-bond acceptors (Lipinski definition) is 4. The van der Waals surface area contributed by atoms with Gasteiger partial charge in [-0.25, -0.2) is 12.8 Å². The minimum absolute atomic E-state index is 0.0548. The van der Waals surface area contributed by atoms with E-state index in [-0.39, 0.29) is 11.3 Å². The van der Waals surface area contributed by atoms with Crippen molar-refractivity contribution in [3.63, 3.8) is 0 Å². The third kappa shape index (κ3) is 5.11.